The molecule has 6 N–H and O–H groups in total. The molecular formula is C48H81ClF4N6O13. The van der Waals surface area contributed by atoms with E-state index in [4.69, 9.17) is 15.2 Å². The van der Waals surface area contributed by atoms with Crippen LogP contribution in [0.1, 0.15) is 124 Å². The Bertz CT molecular complexity index is 1970. The molecule has 0 unspecified atom stereocenters. The van der Waals surface area contributed by atoms with Crippen molar-refractivity contribution in [3.63, 3.8) is 0 Å². The maximum Gasteiger partial charge on any atom is 0.408 e. The molecule has 0 aromatic carbocycles. The van der Waals surface area contributed by atoms with Crippen LogP contribution in [0.3, 0.4) is 0 Å². The Labute approximate surface area is 427 Å². The van der Waals surface area contributed by atoms with Crippen molar-refractivity contribution in [3.8, 4) is 0 Å². The van der Waals surface area contributed by atoms with Gasteiger partial charge in [-0.2, -0.15) is 0 Å². The van der Waals surface area contributed by atoms with Crippen LogP contribution in [0.25, 0.3) is 0 Å². The zero-order valence-electron chi connectivity index (χ0n) is 45.0. The summed E-state index contributed by atoms with van der Waals surface area (Å²) in [5.74, 6) is -4.34. The van der Waals surface area contributed by atoms with Crippen molar-refractivity contribution in [2.75, 3.05) is 27.3 Å². The number of alkyl carbamates (subject to hydrolysis) is 2. The van der Waals surface area contributed by atoms with E-state index >= 15 is 0 Å². The Hall–Kier alpha value is -4.67. The van der Waals surface area contributed by atoms with Crippen LogP contribution in [0.4, 0.5) is 27.2 Å². The fraction of sp³-hybridized carbons (Fsp3) is 0.833. The number of esters is 2. The number of ether oxygens (including phenoxy) is 4. The van der Waals surface area contributed by atoms with Gasteiger partial charge in [-0.1, -0.05) is 69.2 Å². The molecule has 0 aromatic rings. The van der Waals surface area contributed by atoms with Crippen molar-refractivity contribution in [1.82, 2.24) is 25.8 Å². The number of rotatable bonds is 13. The maximum atomic E-state index is 13.7. The Morgan fingerprint density at radius 3 is 1.26 bits per heavy atom. The Balaban J connectivity index is 0.000000614. The molecule has 5 amide bonds. The van der Waals surface area contributed by atoms with Crippen molar-refractivity contribution in [3.05, 3.63) is 0 Å². The number of aliphatic carboxylic acids is 1. The minimum atomic E-state index is -2.84. The van der Waals surface area contributed by atoms with E-state index < -0.39 is 126 Å². The van der Waals surface area contributed by atoms with Gasteiger partial charge in [-0.3, -0.25) is 19.2 Å². The first-order valence-corrected chi connectivity index (χ1v) is 23.6. The molecule has 2 aliphatic carbocycles. The number of carboxylic acid groups (broad SMARTS) is 1. The second-order valence-electron chi connectivity index (χ2n) is 24.0. The number of carboxylic acids is 1. The number of amides is 5. The van der Waals surface area contributed by atoms with E-state index in [1.54, 1.807) is 62.3 Å². The number of nitrogens with two attached hydrogens (primary N) is 1. The second kappa shape index (κ2) is 24.1. The summed E-state index contributed by atoms with van der Waals surface area (Å²) < 4.78 is 68.3. The molecule has 19 nitrogen and oxygen atoms in total. The van der Waals surface area contributed by atoms with E-state index in [1.807, 2.05) is 48.5 Å². The topological polar surface area (TPSA) is 262 Å². The van der Waals surface area contributed by atoms with Gasteiger partial charge in [0.25, 0.3) is 0 Å². The van der Waals surface area contributed by atoms with Gasteiger partial charge in [0.15, 0.2) is 0 Å². The summed E-state index contributed by atoms with van der Waals surface area (Å²) in [7, 11) is 2.16. The van der Waals surface area contributed by atoms with Gasteiger partial charge >= 0.3 is 30.1 Å². The van der Waals surface area contributed by atoms with Gasteiger partial charge in [0.05, 0.1) is 14.2 Å². The molecule has 72 heavy (non-hydrogen) atoms. The SMILES string of the molecule is CC(C)(C)OC(=O)N[C@H](C(=O)N1C[C@H]2[C@@H]([C@H]1C(=O)O)C2(C)C)C(C)(C)C.COC(=O)[C@@H](N)CC(F)F.COC(=O)[C@H](CC(F)F)NC(=O)[C@@H]1[C@@H]2[C@H](CN1C(=O)[C@@H](NC(=O)OC(C)(C)C)C(C)(C)C)C2(C)C.Cl. The number of alkyl halides is 4. The first-order valence-electron chi connectivity index (χ1n) is 23.6. The number of halogens is 5. The first kappa shape index (κ1) is 65.3. The predicted octanol–water partition coefficient (Wildman–Crippen LogP) is 5.78. The standard InChI is InChI=1S/C24H39F2N3O6.C19H32N2O5.C5H9F2NO2.ClH/c1-22(2,3)17(28-21(33)35-23(4,5)6)19(31)29-11-12-15(24(12,7)8)16(29)18(30)27-13(10-14(25)26)20(32)34-9;1-17(2,3)13(20-16(25)26-18(4,5)6)14(22)21-9-10-11(19(10,7)8)12(21)15(23)24;1-10-5(9)3(8)2-4(6)7;/h12-17H,10-11H2,1-9H3,(H,27,30)(H,28,33);10-13H,9H2,1-8H3,(H,20,25)(H,23,24);3-4H,2,8H2,1H3;1H/t12-,13-,15-,16-,17+;10-,11-,12-,13+;3-;/m000./s1. The first-order chi connectivity index (χ1) is 32.0. The molecule has 4 rings (SSSR count). The summed E-state index contributed by atoms with van der Waals surface area (Å²) in [6, 6.07) is -6.43. The zero-order chi connectivity index (χ0) is 55.5. The molecule has 2 heterocycles. The molecule has 416 valence electrons. The lowest BCUT2D eigenvalue weighted by Gasteiger charge is -2.38. The molecule has 2 saturated carbocycles. The van der Waals surface area contributed by atoms with Gasteiger partial charge in [-0.15, -0.1) is 12.4 Å². The summed E-state index contributed by atoms with van der Waals surface area (Å²) in [5.41, 5.74) is 1.92. The van der Waals surface area contributed by atoms with E-state index in [0.717, 1.165) is 14.2 Å². The van der Waals surface area contributed by atoms with Crippen molar-refractivity contribution in [1.29, 1.82) is 0 Å². The van der Waals surface area contributed by atoms with Crippen LogP contribution < -0.4 is 21.7 Å². The van der Waals surface area contributed by atoms with Gasteiger partial charge in [-0.25, -0.2) is 36.7 Å². The normalized spacial score (nSPS) is 24.1. The highest BCUT2D eigenvalue weighted by Crippen LogP contribution is 2.66. The molecule has 2 aliphatic heterocycles. The summed E-state index contributed by atoms with van der Waals surface area (Å²) in [4.78, 5) is 102. The Morgan fingerprint density at radius 2 is 0.958 bits per heavy atom. The maximum absolute atomic E-state index is 13.7. The number of nitrogens with one attached hydrogen (secondary N) is 3. The van der Waals surface area contributed by atoms with E-state index in [1.165, 1.54) is 9.80 Å². The predicted molar refractivity (Wildman–Crippen MR) is 258 cm³/mol. The number of fused-ring (bicyclic) bond motifs is 2. The van der Waals surface area contributed by atoms with E-state index in [0.29, 0.717) is 6.54 Å². The molecule has 0 aromatic heterocycles. The summed E-state index contributed by atoms with van der Waals surface area (Å²) in [6.45, 7) is 29.9. The minimum absolute atomic E-state index is 0. The highest BCUT2D eigenvalue weighted by molar-refractivity contribution is 5.95. The Morgan fingerprint density at radius 1 is 0.611 bits per heavy atom. The summed E-state index contributed by atoms with van der Waals surface area (Å²) in [5, 5.41) is 17.3. The Kier molecular flexibility index (Phi) is 21.9. The third-order valence-electron chi connectivity index (χ3n) is 13.2. The zero-order valence-corrected chi connectivity index (χ0v) is 45.8. The number of hydrogen-bond donors (Lipinski definition) is 5. The van der Waals surface area contributed by atoms with E-state index in [-0.39, 0.29) is 59.4 Å². The van der Waals surface area contributed by atoms with Crippen LogP contribution >= 0.6 is 12.4 Å². The van der Waals surface area contributed by atoms with Gasteiger partial charge in [0.1, 0.15) is 47.5 Å². The van der Waals surface area contributed by atoms with E-state index in [2.05, 4.69) is 25.4 Å². The smallest absolute Gasteiger partial charge is 0.408 e. The highest BCUT2D eigenvalue weighted by Gasteiger charge is 2.71. The van der Waals surface area contributed by atoms with Crippen molar-refractivity contribution in [2.45, 2.75) is 184 Å². The second-order valence-corrected chi connectivity index (χ2v) is 24.0. The van der Waals surface area contributed by atoms with Crippen LogP contribution in [0, 0.1) is 45.3 Å². The minimum Gasteiger partial charge on any atom is -0.480 e. The fourth-order valence-corrected chi connectivity index (χ4v) is 9.32. The molecule has 2 saturated heterocycles. The number of nitrogens with zero attached hydrogens (tertiary/aromatic N) is 2. The fourth-order valence-electron chi connectivity index (χ4n) is 9.32. The number of carbonyl (C=O) groups is 8. The molecule has 10 atom stereocenters. The van der Waals surface area contributed by atoms with Crippen molar-refractivity contribution >= 4 is 60.2 Å². The largest absolute Gasteiger partial charge is 0.480 e. The van der Waals surface area contributed by atoms with E-state index in [9.17, 15) is 61.0 Å². The molecule has 4 aliphatic rings. The van der Waals surface area contributed by atoms with Gasteiger partial charge in [0, 0.05) is 31.8 Å². The van der Waals surface area contributed by atoms with Crippen LogP contribution in [-0.2, 0) is 47.7 Å². The molecule has 0 spiro atoms. The van der Waals surface area contributed by atoms with Gasteiger partial charge in [-0.05, 0) is 81.0 Å². The van der Waals surface area contributed by atoms with Crippen LogP contribution in [0.2, 0.25) is 0 Å². The number of methoxy groups -OCH3 is 2. The molecule has 24 heteroatoms. The quantitative estimate of drug-likeness (QED) is 0.0833. The number of hydrogen-bond acceptors (Lipinski definition) is 13. The average molecular weight is 1060 g/mol. The number of carbonyl (C=O) groups excluding carboxylic acids is 7. The lowest BCUT2D eigenvalue weighted by Crippen LogP contribution is -2.60. The molecule has 0 radical (unpaired) electrons. The molecule has 4 fully saturated rings. The monoisotopic (exact) mass is 1060 g/mol. The van der Waals surface area contributed by atoms with Crippen molar-refractivity contribution < 1.29 is 80.0 Å². The summed E-state index contributed by atoms with van der Waals surface area (Å²) in [6.07, 6.45) is -8.39. The van der Waals surface area contributed by atoms with Crippen LogP contribution in [-0.4, -0.2) is 150 Å². The molecule has 0 bridgehead atoms. The lowest BCUT2D eigenvalue weighted by molar-refractivity contribution is -0.152. The average Bonchev–Trinajstić information content (AvgIpc) is 3.64. The summed E-state index contributed by atoms with van der Waals surface area (Å²) >= 11 is 0. The number of piperidine rings is 2. The third-order valence-corrected chi connectivity index (χ3v) is 13.2. The lowest BCUT2D eigenvalue weighted by atomic mass is 9.85. The van der Waals surface area contributed by atoms with Crippen molar-refractivity contribution in [2.24, 2.45) is 51.1 Å². The highest BCUT2D eigenvalue weighted by atomic mass is 35.5. The molecular weight excluding hydrogens is 980 g/mol. The van der Waals surface area contributed by atoms with Crippen LogP contribution in [0.15, 0.2) is 0 Å². The van der Waals surface area contributed by atoms with Gasteiger partial charge in [0.2, 0.25) is 30.6 Å². The van der Waals surface area contributed by atoms with Gasteiger partial charge < -0.3 is 55.5 Å². The third kappa shape index (κ3) is 17.2. The van der Waals surface area contributed by atoms with Crippen LogP contribution in [0.5, 0.6) is 0 Å². The number of likely N-dealkylation sites (tertiary alicyclic amines) is 2.